The minimum Gasteiger partial charge on any atom is -0.393 e. The topological polar surface area (TPSA) is 55.1 Å². The zero-order valence-corrected chi connectivity index (χ0v) is 12.8. The molecule has 3 N–H and O–H groups in total. The molecule has 104 valence electrons. The van der Waals surface area contributed by atoms with Gasteiger partial charge in [-0.3, -0.25) is 4.79 Å². The van der Waals surface area contributed by atoms with Crippen LogP contribution in [0.4, 0.5) is 0 Å². The molecule has 1 aliphatic carbocycles. The third kappa shape index (κ3) is 3.76. The molecule has 0 saturated carbocycles. The summed E-state index contributed by atoms with van der Waals surface area (Å²) in [5.41, 5.74) is 6.91. The fourth-order valence-corrected chi connectivity index (χ4v) is 3.47. The first-order valence-corrected chi connectivity index (χ1v) is 7.99. The van der Waals surface area contributed by atoms with Crippen molar-refractivity contribution in [2.24, 2.45) is 11.7 Å². The fraction of sp³-hybridized carbons (Fsp3) is 0.571. The summed E-state index contributed by atoms with van der Waals surface area (Å²) >= 11 is 6.54. The minimum absolute atomic E-state index is 0.00109. The van der Waals surface area contributed by atoms with Crippen LogP contribution < -0.4 is 11.1 Å². The van der Waals surface area contributed by atoms with E-state index in [1.54, 1.807) is 11.3 Å². The smallest absolute Gasteiger partial charge is 0.261 e. The lowest BCUT2D eigenvalue weighted by molar-refractivity contribution is 0.0955. The molecule has 0 saturated heterocycles. The molecule has 0 aromatic carbocycles. The van der Waals surface area contributed by atoms with E-state index in [0.717, 1.165) is 17.7 Å². The molecule has 1 aliphatic rings. The molecule has 1 atom stereocenters. The van der Waals surface area contributed by atoms with E-state index in [1.165, 1.54) is 29.7 Å². The van der Waals surface area contributed by atoms with E-state index in [2.05, 4.69) is 11.4 Å². The number of rotatable bonds is 4. The number of hydrogen-bond donors (Lipinski definition) is 2. The number of aryl methyl sites for hydroxylation is 2. The maximum Gasteiger partial charge on any atom is 0.261 e. The lowest BCUT2D eigenvalue weighted by Crippen LogP contribution is -2.33. The summed E-state index contributed by atoms with van der Waals surface area (Å²) in [6.45, 7) is 2.43. The maximum absolute atomic E-state index is 12.1. The predicted octanol–water partition coefficient (Wildman–Crippen LogP) is 2.67. The molecule has 3 nitrogen and oxygen atoms in total. The Bertz CT molecular complexity index is 458. The first-order chi connectivity index (χ1) is 9.08. The van der Waals surface area contributed by atoms with Crippen molar-refractivity contribution in [1.82, 2.24) is 5.32 Å². The molecule has 5 heteroatoms. The molecule has 1 aromatic rings. The third-order valence-electron chi connectivity index (χ3n) is 3.52. The summed E-state index contributed by atoms with van der Waals surface area (Å²) in [6, 6.07) is 2.06. The van der Waals surface area contributed by atoms with Crippen molar-refractivity contribution < 1.29 is 4.79 Å². The van der Waals surface area contributed by atoms with Gasteiger partial charge in [0.15, 0.2) is 0 Å². The molecule has 1 amide bonds. The van der Waals surface area contributed by atoms with E-state index >= 15 is 0 Å². The Morgan fingerprint density at radius 1 is 1.47 bits per heavy atom. The van der Waals surface area contributed by atoms with Crippen molar-refractivity contribution >= 4 is 34.5 Å². The lowest BCUT2D eigenvalue weighted by atomic mass is 10.1. The van der Waals surface area contributed by atoms with Gasteiger partial charge >= 0.3 is 0 Å². The fourth-order valence-electron chi connectivity index (χ4n) is 2.21. The summed E-state index contributed by atoms with van der Waals surface area (Å²) in [4.78, 5) is 14.8. The number of carbonyl (C=O) groups is 1. The van der Waals surface area contributed by atoms with Crippen LogP contribution in [0.25, 0.3) is 0 Å². The van der Waals surface area contributed by atoms with Gasteiger partial charge in [0.2, 0.25) is 0 Å². The van der Waals surface area contributed by atoms with Gasteiger partial charge in [0.25, 0.3) is 5.91 Å². The van der Waals surface area contributed by atoms with Crippen molar-refractivity contribution in [3.63, 3.8) is 0 Å². The Balaban J connectivity index is 1.98. The van der Waals surface area contributed by atoms with Crippen LogP contribution in [-0.4, -0.2) is 17.4 Å². The number of nitrogens with one attached hydrogen (secondary N) is 1. The average Bonchev–Trinajstić information content (AvgIpc) is 2.67. The normalized spacial score (nSPS) is 16.3. The zero-order chi connectivity index (χ0) is 13.8. The highest BCUT2D eigenvalue weighted by Crippen LogP contribution is 2.28. The molecular formula is C14H20N2OS2. The summed E-state index contributed by atoms with van der Waals surface area (Å²) in [5.74, 6) is 0.0397. The highest BCUT2D eigenvalue weighted by Gasteiger charge is 2.17. The lowest BCUT2D eigenvalue weighted by Gasteiger charge is -2.09. The van der Waals surface area contributed by atoms with Crippen molar-refractivity contribution in [3.8, 4) is 0 Å². The molecule has 0 radical (unpaired) electrons. The predicted molar refractivity (Wildman–Crippen MR) is 83.9 cm³/mol. The zero-order valence-electron chi connectivity index (χ0n) is 11.2. The Morgan fingerprint density at radius 2 is 2.21 bits per heavy atom. The molecule has 0 aliphatic heterocycles. The van der Waals surface area contributed by atoms with E-state index in [0.29, 0.717) is 11.5 Å². The van der Waals surface area contributed by atoms with Crippen molar-refractivity contribution in [2.45, 2.75) is 39.0 Å². The van der Waals surface area contributed by atoms with Gasteiger partial charge in [-0.05, 0) is 37.3 Å². The van der Waals surface area contributed by atoms with E-state index in [9.17, 15) is 4.79 Å². The highest BCUT2D eigenvalue weighted by molar-refractivity contribution is 7.80. The molecule has 2 rings (SSSR count). The molecule has 0 spiro atoms. The number of hydrogen-bond acceptors (Lipinski definition) is 3. The standard InChI is InChI=1S/C14H20N2OS2/c1-9(13(15)18)8-16-14(17)12-7-10-5-3-2-4-6-11(10)19-12/h7,9H,2-6,8H2,1H3,(H2,15,18)(H,16,17). The van der Waals surface area contributed by atoms with Crippen LogP contribution in [0.15, 0.2) is 6.07 Å². The van der Waals surface area contributed by atoms with Gasteiger partial charge in [0.1, 0.15) is 0 Å². The van der Waals surface area contributed by atoms with Crippen LogP contribution in [0.5, 0.6) is 0 Å². The molecule has 1 unspecified atom stereocenters. The quantitative estimate of drug-likeness (QED) is 0.663. The van der Waals surface area contributed by atoms with E-state index < -0.39 is 0 Å². The summed E-state index contributed by atoms with van der Waals surface area (Å²) in [7, 11) is 0. The van der Waals surface area contributed by atoms with Gasteiger partial charge < -0.3 is 11.1 Å². The molecule has 1 heterocycles. The molecule has 19 heavy (non-hydrogen) atoms. The van der Waals surface area contributed by atoms with Crippen LogP contribution in [-0.2, 0) is 12.8 Å². The van der Waals surface area contributed by atoms with Crippen molar-refractivity contribution in [3.05, 3.63) is 21.4 Å². The first kappa shape index (κ1) is 14.5. The number of amides is 1. The molecule has 1 aromatic heterocycles. The van der Waals surface area contributed by atoms with Gasteiger partial charge in [-0.15, -0.1) is 11.3 Å². The third-order valence-corrected chi connectivity index (χ3v) is 5.16. The van der Waals surface area contributed by atoms with Crippen LogP contribution in [0, 0.1) is 5.92 Å². The van der Waals surface area contributed by atoms with E-state index in [1.807, 2.05) is 6.92 Å². The monoisotopic (exact) mass is 296 g/mol. The minimum atomic E-state index is 0.00109. The van der Waals surface area contributed by atoms with Crippen LogP contribution in [0.3, 0.4) is 0 Å². The van der Waals surface area contributed by atoms with E-state index in [4.69, 9.17) is 18.0 Å². The molecular weight excluding hydrogens is 276 g/mol. The van der Waals surface area contributed by atoms with Gasteiger partial charge in [-0.2, -0.15) is 0 Å². The Labute approximate surface area is 123 Å². The highest BCUT2D eigenvalue weighted by atomic mass is 32.1. The van der Waals surface area contributed by atoms with Crippen LogP contribution in [0.1, 0.15) is 46.3 Å². The first-order valence-electron chi connectivity index (χ1n) is 6.77. The maximum atomic E-state index is 12.1. The largest absolute Gasteiger partial charge is 0.393 e. The van der Waals surface area contributed by atoms with Gasteiger partial charge in [0.05, 0.1) is 9.87 Å². The van der Waals surface area contributed by atoms with Gasteiger partial charge in [-0.1, -0.05) is 25.6 Å². The Morgan fingerprint density at radius 3 is 2.95 bits per heavy atom. The molecule has 0 bridgehead atoms. The van der Waals surface area contributed by atoms with Crippen molar-refractivity contribution in [1.29, 1.82) is 0 Å². The van der Waals surface area contributed by atoms with Gasteiger partial charge in [-0.25, -0.2) is 0 Å². The van der Waals surface area contributed by atoms with Crippen molar-refractivity contribution in [2.75, 3.05) is 6.54 Å². The Hall–Kier alpha value is -0.940. The second kappa shape index (κ2) is 6.48. The number of thiocarbonyl (C=S) groups is 1. The second-order valence-corrected chi connectivity index (χ2v) is 6.74. The van der Waals surface area contributed by atoms with Gasteiger partial charge in [0, 0.05) is 17.3 Å². The Kier molecular flexibility index (Phi) is 4.93. The van der Waals surface area contributed by atoms with Crippen LogP contribution in [0.2, 0.25) is 0 Å². The summed E-state index contributed by atoms with van der Waals surface area (Å²) < 4.78 is 0. The molecule has 0 fully saturated rings. The van der Waals surface area contributed by atoms with Crippen LogP contribution >= 0.6 is 23.6 Å². The number of carbonyl (C=O) groups excluding carboxylic acids is 1. The summed E-state index contributed by atoms with van der Waals surface area (Å²) in [6.07, 6.45) is 6.02. The summed E-state index contributed by atoms with van der Waals surface area (Å²) in [5, 5.41) is 2.91. The number of thiophene rings is 1. The van der Waals surface area contributed by atoms with E-state index in [-0.39, 0.29) is 11.8 Å². The SMILES string of the molecule is CC(CNC(=O)c1cc2c(s1)CCCCC2)C(N)=S. The number of fused-ring (bicyclic) bond motifs is 1. The second-order valence-electron chi connectivity index (χ2n) is 5.13. The average molecular weight is 296 g/mol. The number of nitrogens with two attached hydrogens (primary N) is 1.